The van der Waals surface area contributed by atoms with Crippen LogP contribution in [0.3, 0.4) is 0 Å². The van der Waals surface area contributed by atoms with E-state index in [0.29, 0.717) is 6.42 Å². The number of benzene rings is 1. The quantitative estimate of drug-likeness (QED) is 0.0672. The molecule has 4 unspecified atom stereocenters. The van der Waals surface area contributed by atoms with E-state index in [9.17, 15) is 24.3 Å². The van der Waals surface area contributed by atoms with E-state index in [1.165, 1.54) is 0 Å². The number of likely N-dealkylation sites (N-methyl/N-ethyl adjacent to an activating group) is 2. The molecule has 2 aromatic rings. The van der Waals surface area contributed by atoms with Crippen molar-refractivity contribution in [3.8, 4) is 0 Å². The Morgan fingerprint density at radius 2 is 1.65 bits per heavy atom. The van der Waals surface area contributed by atoms with Gasteiger partial charge in [0.05, 0.1) is 12.1 Å². The third-order valence-corrected chi connectivity index (χ3v) is 9.07. The molecule has 2 rings (SSSR count). The second kappa shape index (κ2) is 16.8. The summed E-state index contributed by atoms with van der Waals surface area (Å²) in [7, 11) is 5.37. The highest BCUT2D eigenvalue weighted by Crippen LogP contribution is 2.35. The fourth-order valence-electron chi connectivity index (χ4n) is 6.17. The van der Waals surface area contributed by atoms with E-state index >= 15 is 0 Å². The summed E-state index contributed by atoms with van der Waals surface area (Å²) in [6.07, 6.45) is 4.20. The van der Waals surface area contributed by atoms with E-state index in [4.69, 9.17) is 11.5 Å². The van der Waals surface area contributed by atoms with Crippen molar-refractivity contribution in [2.24, 2.45) is 34.8 Å². The summed E-state index contributed by atoms with van der Waals surface area (Å²) in [5.74, 6) is -2.57. The molecule has 13 nitrogen and oxygen atoms in total. The molecule has 0 saturated carbocycles. The topological polar surface area (TPSA) is 197 Å². The Kier molecular flexibility index (Phi) is 14.0. The third-order valence-electron chi connectivity index (χ3n) is 9.07. The minimum absolute atomic E-state index is 0.0899. The molecule has 272 valence electrons. The second-order valence-electron chi connectivity index (χ2n) is 14.8. The molecular formula is C36H58N8O5. The van der Waals surface area contributed by atoms with Gasteiger partial charge in [-0.05, 0) is 49.8 Å². The number of fused-ring (bicyclic) bond motifs is 1. The number of nitrogens with zero attached hydrogens (tertiary/aromatic N) is 3. The Morgan fingerprint density at radius 3 is 2.18 bits per heavy atom. The number of aliphatic imine (C=N–C) groups is 1. The molecule has 4 atom stereocenters. The number of aryl methyl sites for hydroxylation is 1. The monoisotopic (exact) mass is 682 g/mol. The Hall–Kier alpha value is -4.39. The van der Waals surface area contributed by atoms with E-state index in [1.807, 2.05) is 90.5 Å². The van der Waals surface area contributed by atoms with E-state index in [0.717, 1.165) is 16.5 Å². The number of hydrogen-bond acceptors (Lipinski definition) is 6. The smallest absolute Gasteiger partial charge is 0.326 e. The van der Waals surface area contributed by atoms with Gasteiger partial charge >= 0.3 is 5.97 Å². The average molecular weight is 683 g/mol. The fourth-order valence-corrected chi connectivity index (χ4v) is 6.17. The number of para-hydroxylation sites is 1. The van der Waals surface area contributed by atoms with Crippen molar-refractivity contribution in [2.45, 2.75) is 97.8 Å². The van der Waals surface area contributed by atoms with Crippen molar-refractivity contribution < 1.29 is 24.3 Å². The molecule has 0 fully saturated rings. The van der Waals surface area contributed by atoms with E-state index in [2.05, 4.69) is 20.9 Å². The lowest BCUT2D eigenvalue weighted by atomic mass is 9.76. The number of nitrogens with one attached hydrogen (secondary N) is 3. The highest BCUT2D eigenvalue weighted by atomic mass is 16.4. The number of hydrogen-bond donors (Lipinski definition) is 6. The standard InChI is InChI=1S/C36H58N8O5/c1-21(2)27(19-22(3)30(45)41-25(33(48)49)16-14-18-40-34(37)38)44(11)32(47)29(35(4,5)6)42-31(46)28(39-9)36(7,8)24-20-43(10)26-17-13-12-15-23(24)26/h12-13,15,17,19-21,25,27-29,39H,14,16,18H2,1-11H3,(H,41,45)(H,42,46)(H,48,49)(H4,37,38,40)/b22-19+. The molecule has 0 bridgehead atoms. The summed E-state index contributed by atoms with van der Waals surface area (Å²) in [5.41, 5.74) is 11.7. The first-order valence-electron chi connectivity index (χ1n) is 16.7. The average Bonchev–Trinajstić information content (AvgIpc) is 3.35. The number of nitrogens with two attached hydrogens (primary N) is 2. The zero-order chi connectivity index (χ0) is 37.4. The largest absolute Gasteiger partial charge is 0.480 e. The molecule has 8 N–H and O–H groups in total. The molecule has 0 radical (unpaired) electrons. The zero-order valence-electron chi connectivity index (χ0n) is 31.0. The first-order valence-corrected chi connectivity index (χ1v) is 16.7. The minimum Gasteiger partial charge on any atom is -0.480 e. The van der Waals surface area contributed by atoms with Crippen LogP contribution in [-0.2, 0) is 31.6 Å². The maximum Gasteiger partial charge on any atom is 0.326 e. The lowest BCUT2D eigenvalue weighted by molar-refractivity contribution is -0.141. The maximum absolute atomic E-state index is 14.2. The van der Waals surface area contributed by atoms with Crippen molar-refractivity contribution in [2.75, 3.05) is 20.6 Å². The number of aromatic nitrogens is 1. The molecule has 1 aromatic heterocycles. The number of guanidine groups is 1. The molecule has 0 aliphatic carbocycles. The number of carboxylic acid groups (broad SMARTS) is 1. The predicted octanol–water partition coefficient (Wildman–Crippen LogP) is 2.63. The van der Waals surface area contributed by atoms with Crippen LogP contribution in [0.1, 0.15) is 73.8 Å². The maximum atomic E-state index is 14.2. The SMILES string of the molecule is CNC(C(=O)NC(C(=O)N(C)C(/C=C(\C)C(=O)NC(CCCN=C(N)N)C(=O)O)C(C)C)C(C)(C)C)C(C)(C)c1cn(C)c2ccccc12. The van der Waals surface area contributed by atoms with Gasteiger partial charge in [-0.25, -0.2) is 4.79 Å². The zero-order valence-corrected chi connectivity index (χ0v) is 31.0. The Morgan fingerprint density at radius 1 is 1.04 bits per heavy atom. The lowest BCUT2D eigenvalue weighted by Crippen LogP contribution is -2.61. The van der Waals surface area contributed by atoms with Gasteiger partial charge in [0.15, 0.2) is 5.96 Å². The molecule has 0 spiro atoms. The number of carboxylic acids is 1. The van der Waals surface area contributed by atoms with Gasteiger partial charge in [-0.1, -0.05) is 72.7 Å². The third kappa shape index (κ3) is 10.3. The van der Waals surface area contributed by atoms with Crippen molar-refractivity contribution in [3.05, 3.63) is 47.7 Å². The molecular weight excluding hydrogens is 624 g/mol. The molecule has 49 heavy (non-hydrogen) atoms. The van der Waals surface area contributed by atoms with Crippen LogP contribution in [0.4, 0.5) is 0 Å². The van der Waals surface area contributed by atoms with Crippen LogP contribution in [0.2, 0.25) is 0 Å². The Labute approximate surface area is 290 Å². The van der Waals surface area contributed by atoms with E-state index in [1.54, 1.807) is 32.0 Å². The van der Waals surface area contributed by atoms with Gasteiger partial charge in [0, 0.05) is 48.7 Å². The van der Waals surface area contributed by atoms with E-state index < -0.39 is 46.9 Å². The summed E-state index contributed by atoms with van der Waals surface area (Å²) in [6, 6.07) is 4.82. The van der Waals surface area contributed by atoms with Crippen molar-refractivity contribution in [1.82, 2.24) is 25.4 Å². The molecule has 1 aromatic carbocycles. The molecule has 3 amide bonds. The molecule has 1 heterocycles. The first-order chi connectivity index (χ1) is 22.6. The fraction of sp³-hybridized carbons (Fsp3) is 0.583. The van der Waals surface area contributed by atoms with E-state index in [-0.39, 0.29) is 42.2 Å². The van der Waals surface area contributed by atoms with Crippen LogP contribution >= 0.6 is 0 Å². The number of carbonyl (C=O) groups excluding carboxylic acids is 3. The minimum atomic E-state index is -1.18. The molecule has 0 aliphatic rings. The normalized spacial score (nSPS) is 14.9. The number of amides is 3. The summed E-state index contributed by atoms with van der Waals surface area (Å²) < 4.78 is 2.05. The first kappa shape index (κ1) is 40.8. The number of rotatable bonds is 16. The van der Waals surface area contributed by atoms with Gasteiger partial charge < -0.3 is 42.0 Å². The summed E-state index contributed by atoms with van der Waals surface area (Å²) in [4.78, 5) is 58.7. The lowest BCUT2D eigenvalue weighted by Gasteiger charge is -2.39. The van der Waals surface area contributed by atoms with Gasteiger partial charge in [0.2, 0.25) is 17.7 Å². The van der Waals surface area contributed by atoms with Gasteiger partial charge in [-0.15, -0.1) is 0 Å². The predicted molar refractivity (Wildman–Crippen MR) is 195 cm³/mol. The highest BCUT2D eigenvalue weighted by Gasteiger charge is 2.42. The molecule has 0 saturated heterocycles. The van der Waals surface area contributed by atoms with Gasteiger partial charge in [0.1, 0.15) is 12.1 Å². The van der Waals surface area contributed by atoms with Gasteiger partial charge in [-0.2, -0.15) is 0 Å². The summed E-state index contributed by atoms with van der Waals surface area (Å²) >= 11 is 0. The van der Waals surface area contributed by atoms with Crippen molar-refractivity contribution in [3.63, 3.8) is 0 Å². The summed E-state index contributed by atoms with van der Waals surface area (Å²) in [6.45, 7) is 15.4. The van der Waals surface area contributed by atoms with Crippen LogP contribution in [0.25, 0.3) is 10.9 Å². The Balaban J connectivity index is 2.33. The van der Waals surface area contributed by atoms with Crippen LogP contribution < -0.4 is 27.4 Å². The molecule has 13 heteroatoms. The van der Waals surface area contributed by atoms with Crippen LogP contribution in [0, 0.1) is 11.3 Å². The van der Waals surface area contributed by atoms with Crippen LogP contribution in [-0.4, -0.2) is 89.0 Å². The van der Waals surface area contributed by atoms with Gasteiger partial charge in [0.25, 0.3) is 0 Å². The second-order valence-corrected chi connectivity index (χ2v) is 14.8. The Bertz CT molecular complexity index is 1550. The number of aliphatic carboxylic acids is 1. The van der Waals surface area contributed by atoms with Crippen LogP contribution in [0.15, 0.2) is 47.1 Å². The highest BCUT2D eigenvalue weighted by molar-refractivity contribution is 5.96. The summed E-state index contributed by atoms with van der Waals surface area (Å²) in [5, 5.41) is 19.5. The molecule has 0 aliphatic heterocycles. The van der Waals surface area contributed by atoms with Crippen LogP contribution in [0.5, 0.6) is 0 Å². The van der Waals surface area contributed by atoms with Crippen molar-refractivity contribution in [1.29, 1.82) is 0 Å². The van der Waals surface area contributed by atoms with Gasteiger partial charge in [-0.3, -0.25) is 19.4 Å². The van der Waals surface area contributed by atoms with Crippen molar-refractivity contribution >= 4 is 40.6 Å². The number of carbonyl (C=O) groups is 4.